The maximum atomic E-state index is 2.65. The third-order valence-corrected chi connectivity index (χ3v) is 39.5. The monoisotopic (exact) mass is 719 g/mol. The fraction of sp³-hybridized carbons (Fsp3) is 0.176. The number of hydrogen-bond acceptors (Lipinski definition) is 0. The molecule has 4 aromatic carbocycles. The van der Waals surface area contributed by atoms with Gasteiger partial charge in [0, 0.05) is 0 Å². The van der Waals surface area contributed by atoms with Gasteiger partial charge in [0.1, 0.15) is 0 Å². The Kier molecular flexibility index (Phi) is 9.20. The predicted octanol–water partition coefficient (Wildman–Crippen LogP) is 3.25. The standard InChI is InChI=1S/2C16H13.C2H7Si.2ClH.Hf/c2*1-12-10-14-8-5-9-15(16(14)11-12)13-6-3-2-4-7-13;1-3-2;;;/h2*2-11H,1H3;3H,1-2H3;2*1H;/q;;;;;+2/p-2. The van der Waals surface area contributed by atoms with Crippen molar-refractivity contribution in [3.63, 3.8) is 0 Å². The van der Waals surface area contributed by atoms with Crippen molar-refractivity contribution in [1.82, 2.24) is 0 Å². The number of rotatable bonds is 5. The Morgan fingerprint density at radius 2 is 0.921 bits per heavy atom. The summed E-state index contributed by atoms with van der Waals surface area (Å²) in [6.45, 7) is 10.2. The molecule has 0 nitrogen and oxygen atoms in total. The van der Waals surface area contributed by atoms with Gasteiger partial charge in [0.25, 0.3) is 0 Å². The molecule has 0 amide bonds. The van der Waals surface area contributed by atoms with E-state index in [0.29, 0.717) is 7.35 Å². The van der Waals surface area contributed by atoms with Gasteiger partial charge in [-0.05, 0) is 0 Å². The summed E-state index contributed by atoms with van der Waals surface area (Å²) in [7, 11) is 0. The van der Waals surface area contributed by atoms with Crippen LogP contribution in [0.5, 0.6) is 0 Å². The smallest absolute Gasteiger partial charge is 1.00 e. The molecule has 2 unspecified atom stereocenters. The van der Waals surface area contributed by atoms with E-state index in [2.05, 4.69) is 136 Å². The van der Waals surface area contributed by atoms with E-state index in [1.54, 1.807) is 22.3 Å². The van der Waals surface area contributed by atoms with E-state index in [9.17, 15) is 0 Å². The molecule has 0 aromatic heterocycles. The van der Waals surface area contributed by atoms with Gasteiger partial charge in [-0.3, -0.25) is 0 Å². The minimum absolute atomic E-state index is 0. The molecule has 0 heterocycles. The van der Waals surface area contributed by atoms with Crippen LogP contribution in [0.1, 0.15) is 43.5 Å². The zero-order valence-corrected chi connectivity index (χ0v) is 28.6. The maximum absolute atomic E-state index is 2.65. The molecular formula is C34H33Cl2HfSi. The van der Waals surface area contributed by atoms with Gasteiger partial charge in [0.2, 0.25) is 0 Å². The van der Waals surface area contributed by atoms with Gasteiger partial charge in [0.15, 0.2) is 0 Å². The van der Waals surface area contributed by atoms with Crippen LogP contribution in [0, 0.1) is 0 Å². The van der Waals surface area contributed by atoms with Crippen LogP contribution in [0.2, 0.25) is 13.1 Å². The molecule has 0 saturated carbocycles. The number of hydrogen-bond donors (Lipinski definition) is 0. The Labute approximate surface area is 248 Å². The van der Waals surface area contributed by atoms with E-state index >= 15 is 0 Å². The van der Waals surface area contributed by atoms with Crippen LogP contribution in [0.15, 0.2) is 108 Å². The third kappa shape index (κ3) is 5.02. The first-order chi connectivity index (χ1) is 17.5. The summed E-state index contributed by atoms with van der Waals surface area (Å²) in [6, 6.07) is 36.1. The molecule has 0 saturated heterocycles. The summed E-state index contributed by atoms with van der Waals surface area (Å²) in [5.74, 6) is -0.834. The molecule has 0 spiro atoms. The van der Waals surface area contributed by atoms with Crippen molar-refractivity contribution in [2.45, 2.75) is 34.3 Å². The molecule has 0 aliphatic heterocycles. The van der Waals surface area contributed by atoms with E-state index in [1.165, 1.54) is 33.4 Å². The molecule has 38 heavy (non-hydrogen) atoms. The van der Waals surface area contributed by atoms with Crippen LogP contribution in [0.4, 0.5) is 0 Å². The maximum Gasteiger partial charge on any atom is -1.00 e. The second-order valence-corrected chi connectivity index (χ2v) is 38.6. The molecule has 2 atom stereocenters. The minimum Gasteiger partial charge on any atom is -1.00 e. The molecule has 4 heteroatoms. The van der Waals surface area contributed by atoms with Gasteiger partial charge in [0.05, 0.1) is 0 Å². The average Bonchev–Trinajstić information content (AvgIpc) is 3.41. The van der Waals surface area contributed by atoms with Crippen LogP contribution >= 0.6 is 0 Å². The number of allylic oxidation sites excluding steroid dienone is 2. The second kappa shape index (κ2) is 12.0. The fourth-order valence-corrected chi connectivity index (χ4v) is 39.5. The number of halogens is 2. The molecule has 0 N–H and O–H groups in total. The first-order valence-corrected chi connectivity index (χ1v) is 26.4. The van der Waals surface area contributed by atoms with E-state index in [0.717, 1.165) is 0 Å². The Hall–Kier alpha value is -1.97. The van der Waals surface area contributed by atoms with Crippen molar-refractivity contribution < 1.29 is 45.4 Å². The summed E-state index contributed by atoms with van der Waals surface area (Å²) in [6.07, 6.45) is 5.08. The fourth-order valence-electron chi connectivity index (χ4n) is 6.56. The molecule has 0 radical (unpaired) electrons. The van der Waals surface area contributed by atoms with Crippen LogP contribution in [-0.4, -0.2) is 5.98 Å². The number of fused-ring (bicyclic) bond motifs is 2. The summed E-state index contributed by atoms with van der Waals surface area (Å²) in [5, 5.41) is 0. The zero-order valence-electron chi connectivity index (χ0n) is 22.4. The normalized spacial score (nSPS) is 17.1. The Bertz CT molecular complexity index is 1380. The largest absolute Gasteiger partial charge is 1.00 e. The SMILES string of the molecule is CC1=Cc2c(-c3ccccc3)cccc2[CH]1[Hf+2]([CH]1C(C)=Cc2c(-c3ccccc3)cccc21)[SiH](C)C.[Cl-].[Cl-]. The summed E-state index contributed by atoms with van der Waals surface area (Å²) in [5.41, 5.74) is 14.9. The van der Waals surface area contributed by atoms with Gasteiger partial charge in [-0.1, -0.05) is 0 Å². The predicted molar refractivity (Wildman–Crippen MR) is 155 cm³/mol. The minimum atomic E-state index is -2.22. The van der Waals surface area contributed by atoms with Crippen molar-refractivity contribution in [2.24, 2.45) is 0 Å². The Morgan fingerprint density at radius 3 is 1.29 bits per heavy atom. The first-order valence-electron chi connectivity index (χ1n) is 13.1. The van der Waals surface area contributed by atoms with Crippen molar-refractivity contribution in [3.05, 3.63) is 130 Å². The quantitative estimate of drug-likeness (QED) is 0.279. The van der Waals surface area contributed by atoms with Gasteiger partial charge in [-0.2, -0.15) is 0 Å². The van der Waals surface area contributed by atoms with Crippen LogP contribution in [-0.2, 0) is 20.6 Å². The summed E-state index contributed by atoms with van der Waals surface area (Å²) < 4.78 is 1.39. The van der Waals surface area contributed by atoms with Gasteiger partial charge >= 0.3 is 226 Å². The second-order valence-electron chi connectivity index (χ2n) is 10.6. The molecule has 2 aliphatic rings. The van der Waals surface area contributed by atoms with Crippen LogP contribution < -0.4 is 24.8 Å². The van der Waals surface area contributed by atoms with E-state index in [-0.39, 0.29) is 24.8 Å². The molecule has 0 fully saturated rings. The zero-order chi connectivity index (χ0) is 24.8. The van der Waals surface area contributed by atoms with Gasteiger partial charge in [-0.15, -0.1) is 0 Å². The average molecular weight is 719 g/mol. The van der Waals surface area contributed by atoms with Crippen LogP contribution in [0.25, 0.3) is 34.4 Å². The Balaban J connectivity index is 0.00000168. The van der Waals surface area contributed by atoms with Crippen molar-refractivity contribution >= 4 is 18.1 Å². The van der Waals surface area contributed by atoms with Crippen LogP contribution in [0.3, 0.4) is 0 Å². The van der Waals surface area contributed by atoms with Gasteiger partial charge in [-0.25, -0.2) is 0 Å². The third-order valence-electron chi connectivity index (χ3n) is 8.06. The van der Waals surface area contributed by atoms with Gasteiger partial charge < -0.3 is 24.8 Å². The van der Waals surface area contributed by atoms with Crippen molar-refractivity contribution in [2.75, 3.05) is 0 Å². The topological polar surface area (TPSA) is 0 Å². The van der Waals surface area contributed by atoms with E-state index < -0.39 is 26.6 Å². The molecule has 2 aliphatic carbocycles. The summed E-state index contributed by atoms with van der Waals surface area (Å²) >= 11 is -2.22. The first kappa shape index (κ1) is 29.0. The van der Waals surface area contributed by atoms with Crippen molar-refractivity contribution in [1.29, 1.82) is 0 Å². The molecule has 0 bridgehead atoms. The van der Waals surface area contributed by atoms with E-state index in [4.69, 9.17) is 0 Å². The molecular weight excluding hydrogens is 686 g/mol. The number of benzene rings is 4. The summed E-state index contributed by atoms with van der Waals surface area (Å²) in [4.78, 5) is 0. The molecule has 191 valence electrons. The van der Waals surface area contributed by atoms with Crippen molar-refractivity contribution in [3.8, 4) is 22.3 Å². The molecule has 4 aromatic rings. The van der Waals surface area contributed by atoms with E-state index in [1.807, 2.05) is 0 Å². The molecule has 6 rings (SSSR count). The Morgan fingerprint density at radius 1 is 0.526 bits per heavy atom.